The van der Waals surface area contributed by atoms with Gasteiger partial charge in [0.05, 0.1) is 5.56 Å². The third-order valence-electron chi connectivity index (χ3n) is 6.46. The first-order valence-corrected chi connectivity index (χ1v) is 13.2. The molecule has 3 rings (SSSR count). The number of hydrogen-bond acceptors (Lipinski definition) is 4. The minimum Gasteiger partial charge on any atom is -0.382 e. The van der Waals surface area contributed by atoms with Crippen LogP contribution in [-0.4, -0.2) is 38.1 Å². The van der Waals surface area contributed by atoms with Crippen LogP contribution in [0.1, 0.15) is 80.3 Å². The molecule has 2 N–H and O–H groups in total. The molecule has 0 aromatic heterocycles. The number of carbonyl (C=O) groups is 2. The lowest BCUT2D eigenvalue weighted by Crippen LogP contribution is -2.33. The van der Waals surface area contributed by atoms with E-state index in [1.54, 1.807) is 0 Å². The van der Waals surface area contributed by atoms with Crippen LogP contribution in [0.4, 0.5) is 11.4 Å². The van der Waals surface area contributed by atoms with Crippen molar-refractivity contribution in [1.82, 2.24) is 5.32 Å². The van der Waals surface area contributed by atoms with Gasteiger partial charge in [0.2, 0.25) is 5.91 Å². The number of hydrogen-bond donors (Lipinski definition) is 2. The summed E-state index contributed by atoms with van der Waals surface area (Å²) in [5.74, 6) is -0.116. The van der Waals surface area contributed by atoms with Crippen LogP contribution in [-0.2, 0) is 22.5 Å². The summed E-state index contributed by atoms with van der Waals surface area (Å²) in [7, 11) is 0. The number of nitrogens with one attached hydrogen (secondary N) is 2. The first-order chi connectivity index (χ1) is 17.1. The highest BCUT2D eigenvalue weighted by Crippen LogP contribution is 2.29. The van der Waals surface area contributed by atoms with Gasteiger partial charge >= 0.3 is 0 Å². The SMILES string of the molecule is CCCCCCCC(=O)Nc1ccc(N2CCc3ccccc3C2)c(C(=O)NCCCOCC)c1. The lowest BCUT2D eigenvalue weighted by atomic mass is 9.98. The lowest BCUT2D eigenvalue weighted by molar-refractivity contribution is -0.116. The highest BCUT2D eigenvalue weighted by atomic mass is 16.5. The average molecular weight is 480 g/mol. The van der Waals surface area contributed by atoms with Crippen LogP contribution in [0.5, 0.6) is 0 Å². The number of fused-ring (bicyclic) bond motifs is 1. The fourth-order valence-electron chi connectivity index (χ4n) is 4.50. The van der Waals surface area contributed by atoms with E-state index < -0.39 is 0 Å². The smallest absolute Gasteiger partial charge is 0.253 e. The number of rotatable bonds is 14. The van der Waals surface area contributed by atoms with Gasteiger partial charge in [-0.05, 0) is 55.5 Å². The van der Waals surface area contributed by atoms with Gasteiger partial charge in [-0.3, -0.25) is 9.59 Å². The molecule has 1 aliphatic rings. The van der Waals surface area contributed by atoms with Crippen molar-refractivity contribution in [3.05, 3.63) is 59.2 Å². The summed E-state index contributed by atoms with van der Waals surface area (Å²) in [5.41, 5.74) is 4.83. The molecule has 1 aliphatic heterocycles. The van der Waals surface area contributed by atoms with E-state index in [2.05, 4.69) is 46.7 Å². The normalized spacial score (nSPS) is 12.8. The van der Waals surface area contributed by atoms with E-state index in [-0.39, 0.29) is 11.8 Å². The van der Waals surface area contributed by atoms with Crippen molar-refractivity contribution in [2.75, 3.05) is 36.5 Å². The van der Waals surface area contributed by atoms with E-state index in [0.717, 1.165) is 44.5 Å². The minimum atomic E-state index is -0.119. The number of anilines is 2. The number of nitrogens with zero attached hydrogens (tertiary/aromatic N) is 1. The molecule has 1 heterocycles. The summed E-state index contributed by atoms with van der Waals surface area (Å²) in [6.45, 7) is 7.62. The van der Waals surface area contributed by atoms with Gasteiger partial charge in [-0.15, -0.1) is 0 Å². The van der Waals surface area contributed by atoms with Crippen molar-refractivity contribution in [2.45, 2.75) is 71.8 Å². The van der Waals surface area contributed by atoms with Crippen molar-refractivity contribution in [3.63, 3.8) is 0 Å². The van der Waals surface area contributed by atoms with Crippen LogP contribution in [0.3, 0.4) is 0 Å². The maximum Gasteiger partial charge on any atom is 0.253 e. The molecular weight excluding hydrogens is 438 g/mol. The molecule has 0 saturated carbocycles. The summed E-state index contributed by atoms with van der Waals surface area (Å²) in [5, 5.41) is 6.03. The van der Waals surface area contributed by atoms with Crippen LogP contribution >= 0.6 is 0 Å². The van der Waals surface area contributed by atoms with Crippen LogP contribution in [0.25, 0.3) is 0 Å². The molecule has 2 aromatic carbocycles. The third-order valence-corrected chi connectivity index (χ3v) is 6.46. The van der Waals surface area contributed by atoms with Crippen LogP contribution in [0.15, 0.2) is 42.5 Å². The molecule has 0 aliphatic carbocycles. The Balaban J connectivity index is 1.70. The molecule has 6 heteroatoms. The molecule has 190 valence electrons. The highest BCUT2D eigenvalue weighted by molar-refractivity contribution is 6.02. The van der Waals surface area contributed by atoms with Crippen molar-refractivity contribution < 1.29 is 14.3 Å². The zero-order valence-corrected chi connectivity index (χ0v) is 21.4. The summed E-state index contributed by atoms with van der Waals surface area (Å²) in [6, 6.07) is 14.2. The number of ether oxygens (including phenoxy) is 1. The topological polar surface area (TPSA) is 70.7 Å². The predicted octanol–water partition coefficient (Wildman–Crippen LogP) is 5.70. The minimum absolute atomic E-state index is 0.00391. The lowest BCUT2D eigenvalue weighted by Gasteiger charge is -2.32. The standard InChI is InChI=1S/C29H41N3O3/c1-3-5-6-7-8-14-28(33)31-25-15-16-27(26(21-25)29(34)30-18-11-20-35-4-2)32-19-17-23-12-9-10-13-24(23)22-32/h9-10,12-13,15-16,21H,3-8,11,14,17-20,22H2,1-2H3,(H,30,34)(H,31,33). The van der Waals surface area contributed by atoms with Gasteiger partial charge in [0, 0.05) is 50.6 Å². The Kier molecular flexibility index (Phi) is 11.1. The monoisotopic (exact) mass is 479 g/mol. The van der Waals surface area contributed by atoms with Gasteiger partial charge < -0.3 is 20.3 Å². The predicted molar refractivity (Wildman–Crippen MR) is 143 cm³/mol. The molecular formula is C29H41N3O3. The van der Waals surface area contributed by atoms with E-state index in [1.165, 1.54) is 30.4 Å². The van der Waals surface area contributed by atoms with Gasteiger partial charge in [0.25, 0.3) is 5.91 Å². The van der Waals surface area contributed by atoms with E-state index in [1.807, 2.05) is 25.1 Å². The molecule has 2 amide bonds. The summed E-state index contributed by atoms with van der Waals surface area (Å²) < 4.78 is 5.38. The second kappa shape index (κ2) is 14.5. The summed E-state index contributed by atoms with van der Waals surface area (Å²) >= 11 is 0. The van der Waals surface area contributed by atoms with Gasteiger partial charge in [0.1, 0.15) is 0 Å². The molecule has 2 aromatic rings. The Morgan fingerprint density at radius 1 is 0.971 bits per heavy atom. The van der Waals surface area contributed by atoms with Gasteiger partial charge in [-0.2, -0.15) is 0 Å². The second-order valence-electron chi connectivity index (χ2n) is 9.19. The van der Waals surface area contributed by atoms with E-state index in [4.69, 9.17) is 4.74 Å². The maximum atomic E-state index is 13.2. The first kappa shape index (κ1) is 26.7. The largest absolute Gasteiger partial charge is 0.382 e. The zero-order chi connectivity index (χ0) is 24.9. The van der Waals surface area contributed by atoms with Crippen molar-refractivity contribution >= 4 is 23.2 Å². The summed E-state index contributed by atoms with van der Waals surface area (Å²) in [6.07, 6.45) is 7.77. The number of benzene rings is 2. The van der Waals surface area contributed by atoms with Crippen molar-refractivity contribution in [2.24, 2.45) is 0 Å². The molecule has 0 radical (unpaired) electrons. The Bertz CT molecular complexity index is 960. The zero-order valence-electron chi connectivity index (χ0n) is 21.4. The van der Waals surface area contributed by atoms with Gasteiger partial charge in [-0.25, -0.2) is 0 Å². The summed E-state index contributed by atoms with van der Waals surface area (Å²) in [4.78, 5) is 28.0. The molecule has 0 unspecified atom stereocenters. The maximum absolute atomic E-state index is 13.2. The van der Waals surface area contributed by atoms with Crippen molar-refractivity contribution in [3.8, 4) is 0 Å². The molecule has 6 nitrogen and oxygen atoms in total. The van der Waals surface area contributed by atoms with Gasteiger partial charge in [0.15, 0.2) is 0 Å². The van der Waals surface area contributed by atoms with Crippen LogP contribution in [0.2, 0.25) is 0 Å². The van der Waals surface area contributed by atoms with E-state index in [0.29, 0.717) is 37.4 Å². The van der Waals surface area contributed by atoms with E-state index >= 15 is 0 Å². The number of carbonyl (C=O) groups excluding carboxylic acids is 2. The molecule has 0 saturated heterocycles. The first-order valence-electron chi connectivity index (χ1n) is 13.2. The van der Waals surface area contributed by atoms with Crippen LogP contribution in [0, 0.1) is 0 Å². The molecule has 0 atom stereocenters. The molecule has 0 spiro atoms. The quantitative estimate of drug-likeness (QED) is 0.341. The molecule has 35 heavy (non-hydrogen) atoms. The Morgan fingerprint density at radius 2 is 1.77 bits per heavy atom. The third kappa shape index (κ3) is 8.39. The van der Waals surface area contributed by atoms with Gasteiger partial charge in [-0.1, -0.05) is 56.9 Å². The Morgan fingerprint density at radius 3 is 2.57 bits per heavy atom. The molecule has 0 fully saturated rings. The fraction of sp³-hybridized carbons (Fsp3) is 0.517. The fourth-order valence-corrected chi connectivity index (χ4v) is 4.50. The van der Waals surface area contributed by atoms with E-state index in [9.17, 15) is 9.59 Å². The van der Waals surface area contributed by atoms with Crippen LogP contribution < -0.4 is 15.5 Å². The average Bonchev–Trinajstić information content (AvgIpc) is 2.88. The number of amides is 2. The molecule has 0 bridgehead atoms. The van der Waals surface area contributed by atoms with Crippen molar-refractivity contribution in [1.29, 1.82) is 0 Å². The number of unbranched alkanes of at least 4 members (excludes halogenated alkanes) is 4. The Labute approximate surface area is 210 Å². The Hall–Kier alpha value is -2.86. The highest BCUT2D eigenvalue weighted by Gasteiger charge is 2.22. The second-order valence-corrected chi connectivity index (χ2v) is 9.19.